The van der Waals surface area contributed by atoms with E-state index in [4.69, 9.17) is 4.42 Å². The lowest BCUT2D eigenvalue weighted by atomic mass is 9.99. The SMILES string of the molecule is CSc1ccc2ncccc2c1NC(=O)N(Cc1ccccc1F)Cc1oc2ccc(C)cc2c1-c1ccc(C)cc1. The molecule has 0 saturated carbocycles. The van der Waals surface area contributed by atoms with Crippen LogP contribution in [0.5, 0.6) is 0 Å². The average molecular weight is 576 g/mol. The third-order valence-electron chi connectivity index (χ3n) is 7.40. The normalized spacial score (nSPS) is 11.2. The highest BCUT2D eigenvalue weighted by atomic mass is 32.2. The summed E-state index contributed by atoms with van der Waals surface area (Å²) in [6.07, 6.45) is 3.70. The molecular weight excluding hydrogens is 545 g/mol. The Bertz CT molecular complexity index is 1920. The minimum absolute atomic E-state index is 0.0551. The number of hydrogen-bond acceptors (Lipinski definition) is 4. The smallest absolute Gasteiger partial charge is 0.322 e. The van der Waals surface area contributed by atoms with Crippen LogP contribution in [-0.2, 0) is 13.1 Å². The van der Waals surface area contributed by atoms with Gasteiger partial charge in [0.2, 0.25) is 0 Å². The van der Waals surface area contributed by atoms with Crippen LogP contribution in [0.15, 0.2) is 107 Å². The molecule has 0 atom stereocenters. The minimum Gasteiger partial charge on any atom is -0.459 e. The third-order valence-corrected chi connectivity index (χ3v) is 8.18. The summed E-state index contributed by atoms with van der Waals surface area (Å²) >= 11 is 1.54. The number of anilines is 1. The average Bonchev–Trinajstić information content (AvgIpc) is 3.35. The van der Waals surface area contributed by atoms with Crippen LogP contribution in [0, 0.1) is 19.7 Å². The fourth-order valence-corrected chi connectivity index (χ4v) is 5.80. The van der Waals surface area contributed by atoms with E-state index in [0.29, 0.717) is 17.0 Å². The highest BCUT2D eigenvalue weighted by molar-refractivity contribution is 7.98. The van der Waals surface area contributed by atoms with E-state index in [1.54, 1.807) is 29.3 Å². The molecule has 0 aliphatic carbocycles. The van der Waals surface area contributed by atoms with Gasteiger partial charge in [-0.25, -0.2) is 9.18 Å². The molecule has 2 aromatic heterocycles. The molecule has 0 fully saturated rings. The number of amides is 2. The summed E-state index contributed by atoms with van der Waals surface area (Å²) < 4.78 is 21.3. The number of rotatable bonds is 7. The molecule has 1 N–H and O–H groups in total. The van der Waals surface area contributed by atoms with E-state index in [-0.39, 0.29) is 24.9 Å². The van der Waals surface area contributed by atoms with Gasteiger partial charge in [-0.1, -0.05) is 59.7 Å². The number of nitrogens with one attached hydrogen (secondary N) is 1. The maximum atomic E-state index is 14.9. The zero-order chi connectivity index (χ0) is 29.2. The van der Waals surface area contributed by atoms with Crippen molar-refractivity contribution in [2.45, 2.75) is 31.8 Å². The quantitative estimate of drug-likeness (QED) is 0.193. The molecule has 210 valence electrons. The number of pyridine rings is 1. The zero-order valence-electron chi connectivity index (χ0n) is 23.6. The van der Waals surface area contributed by atoms with E-state index < -0.39 is 0 Å². The first kappa shape index (κ1) is 27.5. The Morgan fingerprint density at radius 1 is 0.905 bits per heavy atom. The number of fused-ring (bicyclic) bond motifs is 2. The summed E-state index contributed by atoms with van der Waals surface area (Å²) in [5, 5.41) is 4.95. The maximum absolute atomic E-state index is 14.9. The van der Waals surface area contributed by atoms with Crippen LogP contribution in [0.2, 0.25) is 0 Å². The summed E-state index contributed by atoms with van der Waals surface area (Å²) in [5.74, 6) is 0.268. The Morgan fingerprint density at radius 3 is 2.48 bits per heavy atom. The topological polar surface area (TPSA) is 58.4 Å². The number of thioether (sulfide) groups is 1. The molecule has 6 rings (SSSR count). The number of benzene rings is 4. The Kier molecular flexibility index (Phi) is 7.68. The van der Waals surface area contributed by atoms with E-state index in [0.717, 1.165) is 49.0 Å². The van der Waals surface area contributed by atoms with E-state index in [2.05, 4.69) is 47.6 Å². The Balaban J connectivity index is 1.45. The summed E-state index contributed by atoms with van der Waals surface area (Å²) in [4.78, 5) is 21.1. The van der Waals surface area contributed by atoms with Crippen molar-refractivity contribution in [1.82, 2.24) is 9.88 Å². The van der Waals surface area contributed by atoms with Crippen molar-refractivity contribution in [3.05, 3.63) is 125 Å². The monoisotopic (exact) mass is 575 g/mol. The number of furan rings is 1. The Labute approximate surface area is 248 Å². The van der Waals surface area contributed by atoms with E-state index in [1.165, 1.54) is 17.8 Å². The van der Waals surface area contributed by atoms with Crippen molar-refractivity contribution in [2.75, 3.05) is 11.6 Å². The summed E-state index contributed by atoms with van der Waals surface area (Å²) in [6, 6.07) is 28.2. The first-order valence-corrected chi connectivity index (χ1v) is 14.9. The molecule has 5 nitrogen and oxygen atoms in total. The van der Waals surface area contributed by atoms with Gasteiger partial charge in [-0.15, -0.1) is 11.8 Å². The third kappa shape index (κ3) is 5.48. The van der Waals surface area contributed by atoms with Gasteiger partial charge in [0.25, 0.3) is 0 Å². The van der Waals surface area contributed by atoms with Gasteiger partial charge < -0.3 is 14.6 Å². The number of carbonyl (C=O) groups is 1. The first-order chi connectivity index (χ1) is 20.4. The summed E-state index contributed by atoms with van der Waals surface area (Å²) in [5.41, 5.74) is 6.80. The molecule has 0 unspecified atom stereocenters. The number of urea groups is 1. The summed E-state index contributed by atoms with van der Waals surface area (Å²) in [7, 11) is 0. The van der Waals surface area contributed by atoms with Gasteiger partial charge in [0.05, 0.1) is 24.3 Å². The van der Waals surface area contributed by atoms with E-state index in [1.807, 2.05) is 49.6 Å². The second kappa shape index (κ2) is 11.7. The number of carbonyl (C=O) groups excluding carboxylic acids is 1. The van der Waals surface area contributed by atoms with Crippen molar-refractivity contribution >= 4 is 45.4 Å². The first-order valence-electron chi connectivity index (χ1n) is 13.7. The molecule has 0 aliphatic heterocycles. The minimum atomic E-state index is -0.367. The number of hydrogen-bond donors (Lipinski definition) is 1. The Morgan fingerprint density at radius 2 is 1.69 bits per heavy atom. The molecule has 4 aromatic carbocycles. The second-order valence-corrected chi connectivity index (χ2v) is 11.2. The lowest BCUT2D eigenvalue weighted by Crippen LogP contribution is -2.34. The van der Waals surface area contributed by atoms with Gasteiger partial charge in [-0.2, -0.15) is 0 Å². The van der Waals surface area contributed by atoms with Crippen molar-refractivity contribution in [3.63, 3.8) is 0 Å². The van der Waals surface area contributed by atoms with Crippen molar-refractivity contribution < 1.29 is 13.6 Å². The number of aryl methyl sites for hydroxylation is 2. The molecule has 0 radical (unpaired) electrons. The van der Waals surface area contributed by atoms with Crippen LogP contribution < -0.4 is 5.32 Å². The molecule has 2 amide bonds. The van der Waals surface area contributed by atoms with Gasteiger partial charge in [0, 0.05) is 33.0 Å². The lowest BCUT2D eigenvalue weighted by Gasteiger charge is -2.24. The molecule has 42 heavy (non-hydrogen) atoms. The van der Waals surface area contributed by atoms with E-state index in [9.17, 15) is 9.18 Å². The van der Waals surface area contributed by atoms with Crippen LogP contribution in [0.25, 0.3) is 33.0 Å². The fourth-order valence-electron chi connectivity index (χ4n) is 5.23. The molecule has 6 aromatic rings. The highest BCUT2D eigenvalue weighted by Gasteiger charge is 2.24. The molecule has 0 aliphatic rings. The van der Waals surface area contributed by atoms with Gasteiger partial charge >= 0.3 is 6.03 Å². The second-order valence-electron chi connectivity index (χ2n) is 10.4. The maximum Gasteiger partial charge on any atom is 0.322 e. The zero-order valence-corrected chi connectivity index (χ0v) is 24.5. The van der Waals surface area contributed by atoms with Crippen LogP contribution in [0.3, 0.4) is 0 Å². The largest absolute Gasteiger partial charge is 0.459 e. The molecule has 0 spiro atoms. The predicted molar refractivity (Wildman–Crippen MR) is 169 cm³/mol. The number of halogens is 1. The molecule has 0 saturated heterocycles. The van der Waals surface area contributed by atoms with Crippen LogP contribution in [0.4, 0.5) is 14.9 Å². The number of aromatic nitrogens is 1. The lowest BCUT2D eigenvalue weighted by molar-refractivity contribution is 0.201. The van der Waals surface area contributed by atoms with Gasteiger partial charge in [0.15, 0.2) is 0 Å². The fraction of sp³-hybridized carbons (Fsp3) is 0.143. The van der Waals surface area contributed by atoms with E-state index >= 15 is 0 Å². The standard InChI is InChI=1S/C35H30FN3O2S/c1-22-10-13-24(14-11-22)33-27-19-23(2)12-16-30(27)41-31(33)21-39(20-25-7-4-5-9-28(25)36)35(40)38-34-26-8-6-18-37-29(26)15-17-32(34)42-3/h4-19H,20-21H2,1-3H3,(H,38,40). The van der Waals surface area contributed by atoms with Crippen molar-refractivity contribution in [2.24, 2.45) is 0 Å². The van der Waals surface area contributed by atoms with Gasteiger partial charge in [0.1, 0.15) is 17.2 Å². The molecule has 0 bridgehead atoms. The molecule has 7 heteroatoms. The highest BCUT2D eigenvalue weighted by Crippen LogP contribution is 2.37. The number of nitrogens with zero attached hydrogens (tertiary/aromatic N) is 2. The Hall–Kier alpha value is -4.62. The van der Waals surface area contributed by atoms with Crippen LogP contribution in [0.1, 0.15) is 22.5 Å². The van der Waals surface area contributed by atoms with Crippen molar-refractivity contribution in [1.29, 1.82) is 0 Å². The van der Waals surface area contributed by atoms with Gasteiger partial charge in [-0.05, 0) is 68.1 Å². The molecular formula is C35H30FN3O2S. The van der Waals surface area contributed by atoms with Gasteiger partial charge in [-0.3, -0.25) is 4.98 Å². The van der Waals surface area contributed by atoms with Crippen LogP contribution in [-0.4, -0.2) is 22.2 Å². The summed E-state index contributed by atoms with van der Waals surface area (Å²) in [6.45, 7) is 4.29. The van der Waals surface area contributed by atoms with Crippen molar-refractivity contribution in [3.8, 4) is 11.1 Å². The molecule has 2 heterocycles. The van der Waals surface area contributed by atoms with Crippen LogP contribution >= 0.6 is 11.8 Å². The predicted octanol–water partition coefficient (Wildman–Crippen LogP) is 9.36.